The fourth-order valence-corrected chi connectivity index (χ4v) is 6.21. The number of carbonyl (C=O) groups is 2. The number of sulfonamides is 1. The lowest BCUT2D eigenvalue weighted by Crippen LogP contribution is -2.48. The number of amides is 1. The summed E-state index contributed by atoms with van der Waals surface area (Å²) in [5, 5.41) is 4.37. The molecule has 2 aromatic carbocycles. The molecule has 0 bridgehead atoms. The van der Waals surface area contributed by atoms with E-state index in [0.29, 0.717) is 22.1 Å². The van der Waals surface area contributed by atoms with Gasteiger partial charge in [0.2, 0.25) is 21.7 Å². The van der Waals surface area contributed by atoms with Gasteiger partial charge < -0.3 is 16.8 Å². The van der Waals surface area contributed by atoms with Crippen LogP contribution in [0.4, 0.5) is 5.69 Å². The zero-order chi connectivity index (χ0) is 32.4. The number of carbonyl (C=O) groups excluding carboxylic acids is 2. The summed E-state index contributed by atoms with van der Waals surface area (Å²) in [5.74, 6) is -1.82. The molecule has 0 aliphatic rings. The Balaban J connectivity index is 1.63. The van der Waals surface area contributed by atoms with E-state index < -0.39 is 57.0 Å². The van der Waals surface area contributed by atoms with Crippen LogP contribution < -0.4 is 32.8 Å². The summed E-state index contributed by atoms with van der Waals surface area (Å²) in [6.07, 6.45) is 3.05. The first-order chi connectivity index (χ1) is 21.5. The topological polar surface area (TPSA) is 214 Å². The predicted octanol–water partition coefficient (Wildman–Crippen LogP) is 0.878. The minimum atomic E-state index is -4.09. The van der Waals surface area contributed by atoms with Gasteiger partial charge in [0, 0.05) is 24.3 Å². The lowest BCUT2D eigenvalue weighted by molar-refractivity contribution is -0.122. The van der Waals surface area contributed by atoms with Crippen molar-refractivity contribution in [2.45, 2.75) is 37.7 Å². The number of hydrogen-bond donors (Lipinski definition) is 4. The Hall–Kier alpha value is -5.09. The number of nitrogens with one attached hydrogen (secondary N) is 2. The molecule has 236 valence electrons. The van der Waals surface area contributed by atoms with Gasteiger partial charge in [0.25, 0.3) is 5.56 Å². The minimum absolute atomic E-state index is 0.00899. The molecular formula is C29H32N8O6S2. The van der Waals surface area contributed by atoms with Crippen LogP contribution in [0.2, 0.25) is 0 Å². The third-order valence-corrected chi connectivity index (χ3v) is 8.47. The highest BCUT2D eigenvalue weighted by molar-refractivity contribution is 7.91. The van der Waals surface area contributed by atoms with Crippen LogP contribution in [0.3, 0.4) is 0 Å². The lowest BCUT2D eigenvalue weighted by atomic mass is 10.1. The first kappa shape index (κ1) is 32.8. The Morgan fingerprint density at radius 2 is 1.67 bits per heavy atom. The molecule has 6 N–H and O–H groups in total. The highest BCUT2D eigenvalue weighted by Crippen LogP contribution is 2.12. The van der Waals surface area contributed by atoms with E-state index in [0.717, 1.165) is 22.1 Å². The highest BCUT2D eigenvalue weighted by Gasteiger charge is 2.25. The molecule has 0 saturated heterocycles. The number of aromatic nitrogens is 3. The number of aliphatic imine (C=N–C) groups is 1. The van der Waals surface area contributed by atoms with Crippen LogP contribution >= 0.6 is 11.3 Å². The molecule has 4 rings (SSSR count). The molecule has 45 heavy (non-hydrogen) atoms. The number of thiazole rings is 1. The van der Waals surface area contributed by atoms with Gasteiger partial charge in [0.15, 0.2) is 11.0 Å². The molecular weight excluding hydrogens is 621 g/mol. The van der Waals surface area contributed by atoms with Crippen LogP contribution in [0, 0.1) is 0 Å². The summed E-state index contributed by atoms with van der Waals surface area (Å²) in [4.78, 5) is 61.2. The Labute approximate surface area is 262 Å². The van der Waals surface area contributed by atoms with Gasteiger partial charge in [-0.25, -0.2) is 22.8 Å². The van der Waals surface area contributed by atoms with Crippen LogP contribution in [0.5, 0.6) is 0 Å². The fraction of sp³-hybridized carbons (Fsp3) is 0.241. The van der Waals surface area contributed by atoms with Crippen molar-refractivity contribution < 1.29 is 18.0 Å². The number of nitrogens with zero attached hydrogens (tertiary/aromatic N) is 4. The summed E-state index contributed by atoms with van der Waals surface area (Å²) < 4.78 is 30.1. The van der Waals surface area contributed by atoms with Crippen LogP contribution in [0.1, 0.15) is 33.8 Å². The number of benzene rings is 2. The molecule has 2 heterocycles. The third kappa shape index (κ3) is 9.45. The first-order valence-electron chi connectivity index (χ1n) is 13.7. The zero-order valence-electron chi connectivity index (χ0n) is 24.0. The first-order valence-corrected chi connectivity index (χ1v) is 16.3. The maximum absolute atomic E-state index is 13.5. The predicted molar refractivity (Wildman–Crippen MR) is 171 cm³/mol. The molecule has 4 aromatic rings. The SMILES string of the molecule is NC(N)=NCCCC(NC(=O)Cn1c(=O)c(NS(=O)(=O)Cc2ccccc2)cn(Cc2ccccc2)c1=O)C(=O)c1nccs1. The molecule has 1 unspecified atom stereocenters. The van der Waals surface area contributed by atoms with Crippen molar-refractivity contribution in [3.63, 3.8) is 0 Å². The summed E-state index contributed by atoms with van der Waals surface area (Å²) in [6.45, 7) is -0.587. The monoisotopic (exact) mass is 652 g/mol. The molecule has 0 aliphatic carbocycles. The van der Waals surface area contributed by atoms with Gasteiger partial charge in [-0.05, 0) is 24.0 Å². The van der Waals surface area contributed by atoms with Crippen molar-refractivity contribution in [2.24, 2.45) is 16.5 Å². The van der Waals surface area contributed by atoms with Crippen LogP contribution in [0.15, 0.2) is 93.0 Å². The number of anilines is 1. The van der Waals surface area contributed by atoms with Gasteiger partial charge >= 0.3 is 5.69 Å². The maximum atomic E-state index is 13.5. The van der Waals surface area contributed by atoms with E-state index in [1.54, 1.807) is 66.0 Å². The molecule has 1 atom stereocenters. The maximum Gasteiger partial charge on any atom is 0.331 e. The number of hydrogen-bond acceptors (Lipinski definition) is 9. The minimum Gasteiger partial charge on any atom is -0.370 e. The average Bonchev–Trinajstić information content (AvgIpc) is 3.55. The molecule has 16 heteroatoms. The molecule has 0 saturated carbocycles. The van der Waals surface area contributed by atoms with E-state index in [4.69, 9.17) is 11.5 Å². The molecule has 1 amide bonds. The quantitative estimate of drug-likeness (QED) is 0.0620. The number of rotatable bonds is 15. The van der Waals surface area contributed by atoms with E-state index in [9.17, 15) is 27.6 Å². The Bertz CT molecular complexity index is 1870. The number of ketones is 1. The molecule has 0 radical (unpaired) electrons. The van der Waals surface area contributed by atoms with Gasteiger partial charge in [0.1, 0.15) is 12.2 Å². The van der Waals surface area contributed by atoms with E-state index >= 15 is 0 Å². The molecule has 14 nitrogen and oxygen atoms in total. The summed E-state index contributed by atoms with van der Waals surface area (Å²) in [5.41, 5.74) is 9.63. The lowest BCUT2D eigenvalue weighted by Gasteiger charge is -2.18. The highest BCUT2D eigenvalue weighted by atomic mass is 32.2. The van der Waals surface area contributed by atoms with Crippen molar-refractivity contribution in [1.82, 2.24) is 19.4 Å². The van der Waals surface area contributed by atoms with Crippen molar-refractivity contribution >= 4 is 44.7 Å². The van der Waals surface area contributed by atoms with Crippen molar-refractivity contribution in [1.29, 1.82) is 0 Å². The number of guanidine groups is 1. The zero-order valence-corrected chi connectivity index (χ0v) is 25.7. The second-order valence-electron chi connectivity index (χ2n) is 9.95. The summed E-state index contributed by atoms with van der Waals surface area (Å²) in [7, 11) is -4.09. The van der Waals surface area contributed by atoms with E-state index in [-0.39, 0.29) is 30.5 Å². The van der Waals surface area contributed by atoms with Gasteiger partial charge in [0.05, 0.1) is 18.3 Å². The normalized spacial score (nSPS) is 11.8. The van der Waals surface area contributed by atoms with Crippen LogP contribution in [-0.4, -0.2) is 52.8 Å². The Morgan fingerprint density at radius 3 is 2.29 bits per heavy atom. The van der Waals surface area contributed by atoms with E-state index in [1.807, 2.05) is 0 Å². The summed E-state index contributed by atoms with van der Waals surface area (Å²) >= 11 is 1.10. The number of nitrogens with two attached hydrogens (primary N) is 2. The second-order valence-corrected chi connectivity index (χ2v) is 12.6. The third-order valence-electron chi connectivity index (χ3n) is 6.44. The smallest absolute Gasteiger partial charge is 0.331 e. The summed E-state index contributed by atoms with van der Waals surface area (Å²) in [6, 6.07) is 16.1. The number of Topliss-reactive ketones (excluding diaryl/α,β-unsaturated/α-hetero) is 1. The van der Waals surface area contributed by atoms with Crippen molar-refractivity contribution in [3.05, 3.63) is 115 Å². The van der Waals surface area contributed by atoms with Crippen LogP contribution in [0.25, 0.3) is 0 Å². The van der Waals surface area contributed by atoms with E-state index in [1.165, 1.54) is 6.20 Å². The Morgan fingerprint density at radius 1 is 1.00 bits per heavy atom. The Kier molecular flexibility index (Phi) is 11.0. The van der Waals surface area contributed by atoms with Crippen molar-refractivity contribution in [2.75, 3.05) is 11.3 Å². The molecule has 0 aliphatic heterocycles. The van der Waals surface area contributed by atoms with Crippen molar-refractivity contribution in [3.8, 4) is 0 Å². The van der Waals surface area contributed by atoms with E-state index in [2.05, 4.69) is 20.0 Å². The van der Waals surface area contributed by atoms with Gasteiger partial charge in [-0.2, -0.15) is 0 Å². The van der Waals surface area contributed by atoms with Gasteiger partial charge in [-0.1, -0.05) is 60.7 Å². The molecule has 0 spiro atoms. The average molecular weight is 653 g/mol. The fourth-order valence-electron chi connectivity index (χ4n) is 4.40. The molecule has 2 aromatic heterocycles. The van der Waals surface area contributed by atoms with Gasteiger partial charge in [-0.3, -0.25) is 28.7 Å². The van der Waals surface area contributed by atoms with Crippen LogP contribution in [-0.2, 0) is 33.7 Å². The second kappa shape index (κ2) is 15.1. The molecule has 0 fully saturated rings. The van der Waals surface area contributed by atoms with Gasteiger partial charge in [-0.15, -0.1) is 11.3 Å². The standard InChI is InChI=1S/C29H32N8O6S2/c30-28(31)33-13-7-12-22(25(39)26-32-14-15-44-26)34-24(38)18-37-27(40)23(35-45(42,43)19-21-10-5-2-6-11-21)17-36(29(37)41)16-20-8-3-1-4-9-20/h1-6,8-11,14-15,17,22,35H,7,12-13,16,18-19H2,(H,34,38)(H4,30,31,33). The largest absolute Gasteiger partial charge is 0.370 e.